The number of hydrogen-bond donors (Lipinski definition) is 0. The van der Waals surface area contributed by atoms with Crippen molar-refractivity contribution < 1.29 is 14.3 Å². The minimum atomic E-state index is 0.0174. The minimum Gasteiger partial charge on any atom is -0.379 e. The van der Waals surface area contributed by atoms with Gasteiger partial charge in [-0.2, -0.15) is 0 Å². The van der Waals surface area contributed by atoms with Gasteiger partial charge >= 0.3 is 0 Å². The summed E-state index contributed by atoms with van der Waals surface area (Å²) in [4.78, 5) is 30.6. The van der Waals surface area contributed by atoms with Gasteiger partial charge in [-0.05, 0) is 30.4 Å². The van der Waals surface area contributed by atoms with Gasteiger partial charge in [-0.25, -0.2) is 0 Å². The summed E-state index contributed by atoms with van der Waals surface area (Å²) >= 11 is 0. The van der Waals surface area contributed by atoms with E-state index in [4.69, 9.17) is 4.74 Å². The van der Waals surface area contributed by atoms with Gasteiger partial charge in [0, 0.05) is 45.8 Å². The lowest BCUT2D eigenvalue weighted by atomic mass is 9.94. The molecule has 2 aliphatic heterocycles. The largest absolute Gasteiger partial charge is 0.379 e. The number of ether oxygens (including phenoxy) is 1. The third kappa shape index (κ3) is 5.42. The highest BCUT2D eigenvalue weighted by Crippen LogP contribution is 2.21. The fraction of sp³-hybridized carbons (Fsp3) is 0.545. The standard InChI is InChI=1S/C22H31N3O3/c1-23(2)22(27)20-6-4-3-5-19(20)8-7-18-9-11-25(12-10-18)21(26)17-24-13-15-28-16-14-24/h3-8,18H,9-17H2,1-2H3/b8-7+. The molecule has 28 heavy (non-hydrogen) atoms. The molecule has 2 amide bonds. The molecule has 0 N–H and O–H groups in total. The fourth-order valence-corrected chi connectivity index (χ4v) is 3.71. The van der Waals surface area contributed by atoms with Crippen LogP contribution in [-0.4, -0.2) is 86.5 Å². The Bertz CT molecular complexity index is 703. The molecule has 0 radical (unpaired) electrons. The van der Waals surface area contributed by atoms with Gasteiger partial charge in [0.15, 0.2) is 0 Å². The molecule has 152 valence electrons. The molecule has 2 saturated heterocycles. The predicted octanol–water partition coefficient (Wildman–Crippen LogP) is 1.97. The van der Waals surface area contributed by atoms with E-state index in [1.165, 1.54) is 0 Å². The highest BCUT2D eigenvalue weighted by atomic mass is 16.5. The molecule has 0 spiro atoms. The van der Waals surface area contributed by atoms with Crippen LogP contribution >= 0.6 is 0 Å². The first-order valence-electron chi connectivity index (χ1n) is 10.1. The average molecular weight is 386 g/mol. The molecule has 0 aliphatic carbocycles. The first-order valence-corrected chi connectivity index (χ1v) is 10.1. The lowest BCUT2D eigenvalue weighted by molar-refractivity contribution is -0.134. The molecule has 0 atom stereocenters. The van der Waals surface area contributed by atoms with Crippen LogP contribution in [0.15, 0.2) is 30.3 Å². The van der Waals surface area contributed by atoms with Crippen LogP contribution in [0.2, 0.25) is 0 Å². The van der Waals surface area contributed by atoms with E-state index in [2.05, 4.69) is 17.1 Å². The molecule has 0 aromatic heterocycles. The molecule has 0 bridgehead atoms. The summed E-state index contributed by atoms with van der Waals surface area (Å²) in [5, 5.41) is 0. The third-order valence-corrected chi connectivity index (χ3v) is 5.50. The number of benzene rings is 1. The van der Waals surface area contributed by atoms with E-state index in [1.54, 1.807) is 19.0 Å². The third-order valence-electron chi connectivity index (χ3n) is 5.50. The molecule has 2 fully saturated rings. The Hall–Kier alpha value is -2.18. The fourth-order valence-electron chi connectivity index (χ4n) is 3.71. The van der Waals surface area contributed by atoms with Crippen LogP contribution in [0.5, 0.6) is 0 Å². The lowest BCUT2D eigenvalue weighted by Crippen LogP contribution is -2.46. The van der Waals surface area contributed by atoms with Crippen LogP contribution < -0.4 is 0 Å². The van der Waals surface area contributed by atoms with Gasteiger partial charge in [0.05, 0.1) is 19.8 Å². The molecule has 2 aliphatic rings. The monoisotopic (exact) mass is 385 g/mol. The molecule has 3 rings (SSSR count). The number of allylic oxidation sites excluding steroid dienone is 1. The van der Waals surface area contributed by atoms with Crippen molar-refractivity contribution in [3.05, 3.63) is 41.5 Å². The Morgan fingerprint density at radius 1 is 1.11 bits per heavy atom. The van der Waals surface area contributed by atoms with Crippen LogP contribution in [0.3, 0.4) is 0 Å². The number of rotatable bonds is 5. The summed E-state index contributed by atoms with van der Waals surface area (Å²) in [6, 6.07) is 7.70. The van der Waals surface area contributed by atoms with Gasteiger partial charge in [0.25, 0.3) is 5.91 Å². The number of carbonyl (C=O) groups is 2. The number of carbonyl (C=O) groups excluding carboxylic acids is 2. The summed E-state index contributed by atoms with van der Waals surface area (Å²) in [5.41, 5.74) is 1.67. The second-order valence-corrected chi connectivity index (χ2v) is 7.75. The van der Waals surface area contributed by atoms with E-state index in [9.17, 15) is 9.59 Å². The summed E-state index contributed by atoms with van der Waals surface area (Å²) in [5.74, 6) is 0.685. The van der Waals surface area contributed by atoms with E-state index < -0.39 is 0 Å². The highest BCUT2D eigenvalue weighted by Gasteiger charge is 2.23. The van der Waals surface area contributed by atoms with Gasteiger partial charge in [0.1, 0.15) is 0 Å². The van der Waals surface area contributed by atoms with Crippen LogP contribution in [0.4, 0.5) is 0 Å². The molecule has 0 saturated carbocycles. The molecular weight excluding hydrogens is 354 g/mol. The Morgan fingerprint density at radius 3 is 2.46 bits per heavy atom. The van der Waals surface area contributed by atoms with Crippen molar-refractivity contribution in [3.8, 4) is 0 Å². The van der Waals surface area contributed by atoms with Crippen molar-refractivity contribution in [2.75, 3.05) is 60.0 Å². The number of nitrogens with zero attached hydrogens (tertiary/aromatic N) is 3. The van der Waals surface area contributed by atoms with E-state index in [0.29, 0.717) is 12.5 Å². The molecule has 1 aromatic rings. The first-order chi connectivity index (χ1) is 13.5. The van der Waals surface area contributed by atoms with Crippen LogP contribution in [-0.2, 0) is 9.53 Å². The van der Waals surface area contributed by atoms with E-state index in [0.717, 1.165) is 63.4 Å². The first kappa shape index (κ1) is 20.6. The minimum absolute atomic E-state index is 0.0174. The second kappa shape index (κ2) is 9.85. The van der Waals surface area contributed by atoms with Crippen molar-refractivity contribution in [2.24, 2.45) is 5.92 Å². The number of morpholine rings is 1. The topological polar surface area (TPSA) is 53.1 Å². The van der Waals surface area contributed by atoms with Crippen LogP contribution in [0, 0.1) is 5.92 Å². The molecule has 0 unspecified atom stereocenters. The van der Waals surface area contributed by atoms with Crippen molar-refractivity contribution in [1.82, 2.24) is 14.7 Å². The molecule has 6 heteroatoms. The van der Waals surface area contributed by atoms with Crippen LogP contribution in [0.1, 0.15) is 28.8 Å². The zero-order valence-electron chi connectivity index (χ0n) is 17.0. The summed E-state index contributed by atoms with van der Waals surface area (Å²) in [6.07, 6.45) is 6.20. The zero-order chi connectivity index (χ0) is 19.9. The molecule has 1 aromatic carbocycles. The van der Waals surface area contributed by atoms with Gasteiger partial charge in [-0.3, -0.25) is 14.5 Å². The summed E-state index contributed by atoms with van der Waals surface area (Å²) in [6.45, 7) is 5.23. The zero-order valence-corrected chi connectivity index (χ0v) is 17.0. The number of amides is 2. The van der Waals surface area contributed by atoms with Gasteiger partial charge in [-0.1, -0.05) is 30.4 Å². The number of piperidine rings is 1. The molecule has 2 heterocycles. The maximum atomic E-state index is 12.5. The smallest absolute Gasteiger partial charge is 0.253 e. The van der Waals surface area contributed by atoms with Gasteiger partial charge < -0.3 is 14.5 Å². The van der Waals surface area contributed by atoms with E-state index >= 15 is 0 Å². The normalized spacial score (nSPS) is 19.1. The van der Waals surface area contributed by atoms with Gasteiger partial charge in [0.2, 0.25) is 5.91 Å². The van der Waals surface area contributed by atoms with Crippen molar-refractivity contribution in [3.63, 3.8) is 0 Å². The Kier molecular flexibility index (Phi) is 7.23. The summed E-state index contributed by atoms with van der Waals surface area (Å²) in [7, 11) is 3.54. The van der Waals surface area contributed by atoms with Crippen molar-refractivity contribution >= 4 is 17.9 Å². The SMILES string of the molecule is CN(C)C(=O)c1ccccc1/C=C/C1CCN(C(=O)CN2CCOCC2)CC1. The van der Waals surface area contributed by atoms with Crippen molar-refractivity contribution in [1.29, 1.82) is 0 Å². The Morgan fingerprint density at radius 2 is 1.79 bits per heavy atom. The Labute approximate surface area is 167 Å². The maximum absolute atomic E-state index is 12.5. The van der Waals surface area contributed by atoms with Gasteiger partial charge in [-0.15, -0.1) is 0 Å². The number of likely N-dealkylation sites (tertiary alicyclic amines) is 1. The lowest BCUT2D eigenvalue weighted by Gasteiger charge is -2.33. The molecule has 6 nitrogen and oxygen atoms in total. The van der Waals surface area contributed by atoms with E-state index in [1.807, 2.05) is 29.2 Å². The highest BCUT2D eigenvalue weighted by molar-refractivity contribution is 5.97. The summed E-state index contributed by atoms with van der Waals surface area (Å²) < 4.78 is 5.34. The van der Waals surface area contributed by atoms with Crippen molar-refractivity contribution in [2.45, 2.75) is 12.8 Å². The quantitative estimate of drug-likeness (QED) is 0.778. The predicted molar refractivity (Wildman–Crippen MR) is 110 cm³/mol. The molecular formula is C22H31N3O3. The maximum Gasteiger partial charge on any atom is 0.253 e. The second-order valence-electron chi connectivity index (χ2n) is 7.75. The van der Waals surface area contributed by atoms with E-state index in [-0.39, 0.29) is 11.8 Å². The average Bonchev–Trinajstić information content (AvgIpc) is 2.73. The van der Waals surface area contributed by atoms with Crippen LogP contribution in [0.25, 0.3) is 6.08 Å². The Balaban J connectivity index is 1.52. The number of hydrogen-bond acceptors (Lipinski definition) is 4.